The summed E-state index contributed by atoms with van der Waals surface area (Å²) in [6.45, 7) is 1.40. The third-order valence-corrected chi connectivity index (χ3v) is 2.67. The maximum absolute atomic E-state index is 13.3. The zero-order valence-electron chi connectivity index (χ0n) is 9.91. The van der Waals surface area contributed by atoms with Crippen LogP contribution in [0.5, 0.6) is 0 Å². The number of hydrogen-bond acceptors (Lipinski definition) is 3. The number of carbonyl (C=O) groups is 1. The number of aliphatic hydroxyl groups excluding tert-OH is 1. The van der Waals surface area contributed by atoms with E-state index in [0.717, 1.165) is 7.11 Å². The van der Waals surface area contributed by atoms with Crippen molar-refractivity contribution in [3.63, 3.8) is 0 Å². The van der Waals surface area contributed by atoms with E-state index in [-0.39, 0.29) is 12.0 Å². The van der Waals surface area contributed by atoms with Crippen LogP contribution in [0.15, 0.2) is 12.1 Å². The monoisotopic (exact) mass is 262 g/mol. The van der Waals surface area contributed by atoms with Gasteiger partial charge in [-0.05, 0) is 18.6 Å². The third-order valence-electron chi connectivity index (χ3n) is 2.67. The summed E-state index contributed by atoms with van der Waals surface area (Å²) in [5.41, 5.74) is -0.197. The van der Waals surface area contributed by atoms with E-state index in [0.29, 0.717) is 12.1 Å². The molecule has 1 rings (SSSR count). The van der Waals surface area contributed by atoms with Gasteiger partial charge in [-0.25, -0.2) is 13.2 Å². The first-order valence-corrected chi connectivity index (χ1v) is 5.26. The highest BCUT2D eigenvalue weighted by molar-refractivity contribution is 5.72. The van der Waals surface area contributed by atoms with Gasteiger partial charge in [0, 0.05) is 12.5 Å². The number of carbonyl (C=O) groups excluding carboxylic acids is 1. The number of rotatable bonds is 4. The molecule has 0 aliphatic rings. The highest BCUT2D eigenvalue weighted by Gasteiger charge is 2.24. The fourth-order valence-corrected chi connectivity index (χ4v) is 1.47. The summed E-state index contributed by atoms with van der Waals surface area (Å²) in [4.78, 5) is 11.1. The molecular formula is C12H13F3O3. The van der Waals surface area contributed by atoms with Gasteiger partial charge in [-0.1, -0.05) is 0 Å². The summed E-state index contributed by atoms with van der Waals surface area (Å²) in [7, 11) is 1.16. The summed E-state index contributed by atoms with van der Waals surface area (Å²) >= 11 is 0. The average molecular weight is 262 g/mol. The van der Waals surface area contributed by atoms with E-state index in [9.17, 15) is 23.1 Å². The number of esters is 1. The number of ether oxygens (including phenoxy) is 1. The molecule has 18 heavy (non-hydrogen) atoms. The van der Waals surface area contributed by atoms with Crippen LogP contribution in [0.3, 0.4) is 0 Å². The van der Waals surface area contributed by atoms with Gasteiger partial charge in [-0.15, -0.1) is 0 Å². The van der Waals surface area contributed by atoms with Crippen molar-refractivity contribution >= 4 is 5.97 Å². The fourth-order valence-electron chi connectivity index (χ4n) is 1.47. The predicted octanol–water partition coefficient (Wildman–Crippen LogP) is 1.82. The highest BCUT2D eigenvalue weighted by atomic mass is 19.2. The Morgan fingerprint density at radius 1 is 1.28 bits per heavy atom. The molecule has 0 aromatic heterocycles. The van der Waals surface area contributed by atoms with Crippen LogP contribution in [0.25, 0.3) is 0 Å². The molecule has 1 aromatic carbocycles. The number of hydrogen-bond donors (Lipinski definition) is 1. The van der Waals surface area contributed by atoms with E-state index < -0.39 is 35.4 Å². The van der Waals surface area contributed by atoms with Crippen molar-refractivity contribution in [3.05, 3.63) is 35.1 Å². The molecule has 1 unspecified atom stereocenters. The van der Waals surface area contributed by atoms with Crippen molar-refractivity contribution in [1.82, 2.24) is 0 Å². The van der Waals surface area contributed by atoms with Crippen LogP contribution >= 0.6 is 0 Å². The number of aliphatic hydroxyl groups is 1. The summed E-state index contributed by atoms with van der Waals surface area (Å²) < 4.78 is 43.3. The van der Waals surface area contributed by atoms with E-state index in [2.05, 4.69) is 4.74 Å². The molecule has 0 fully saturated rings. The van der Waals surface area contributed by atoms with E-state index in [1.165, 1.54) is 6.92 Å². The third kappa shape index (κ3) is 3.22. The Labute approximate surface area is 102 Å². The molecule has 3 nitrogen and oxygen atoms in total. The lowest BCUT2D eigenvalue weighted by atomic mass is 9.97. The second-order valence-electron chi connectivity index (χ2n) is 3.94. The standard InChI is InChI=1S/C12H13F3O3/c1-6(12(17)18-2)11(16)4-7-3-9(14)10(15)5-8(7)13/h3,5-6,11,16H,4H2,1-2H3/t6-,11?/m0/s1. The van der Waals surface area contributed by atoms with Crippen LogP contribution < -0.4 is 0 Å². The zero-order chi connectivity index (χ0) is 13.9. The van der Waals surface area contributed by atoms with Crippen LogP contribution in [0, 0.1) is 23.4 Å². The maximum Gasteiger partial charge on any atom is 0.311 e. The smallest absolute Gasteiger partial charge is 0.311 e. The summed E-state index contributed by atoms with van der Waals surface area (Å²) in [6.07, 6.45) is -1.55. The first-order chi connectivity index (χ1) is 8.36. The molecule has 0 saturated heterocycles. The molecule has 0 heterocycles. The van der Waals surface area contributed by atoms with Crippen molar-refractivity contribution in [2.75, 3.05) is 7.11 Å². The Morgan fingerprint density at radius 2 is 1.83 bits per heavy atom. The van der Waals surface area contributed by atoms with Crippen molar-refractivity contribution in [2.24, 2.45) is 5.92 Å². The second kappa shape index (κ2) is 5.86. The molecule has 2 atom stereocenters. The highest BCUT2D eigenvalue weighted by Crippen LogP contribution is 2.18. The van der Waals surface area contributed by atoms with Crippen molar-refractivity contribution in [3.8, 4) is 0 Å². The lowest BCUT2D eigenvalue weighted by Crippen LogP contribution is -2.28. The molecule has 0 amide bonds. The van der Waals surface area contributed by atoms with Crippen molar-refractivity contribution in [2.45, 2.75) is 19.4 Å². The summed E-state index contributed by atoms with van der Waals surface area (Å²) in [6, 6.07) is 1.07. The molecule has 0 bridgehead atoms. The predicted molar refractivity (Wildman–Crippen MR) is 57.2 cm³/mol. The minimum absolute atomic E-state index is 0.197. The topological polar surface area (TPSA) is 46.5 Å². The summed E-state index contributed by atoms with van der Waals surface area (Å²) in [5, 5.41) is 9.67. The molecule has 1 aromatic rings. The van der Waals surface area contributed by atoms with Gasteiger partial charge in [0.15, 0.2) is 11.6 Å². The van der Waals surface area contributed by atoms with Gasteiger partial charge in [-0.2, -0.15) is 0 Å². The zero-order valence-corrected chi connectivity index (χ0v) is 9.91. The Morgan fingerprint density at radius 3 is 2.39 bits per heavy atom. The second-order valence-corrected chi connectivity index (χ2v) is 3.94. The molecule has 0 radical (unpaired) electrons. The maximum atomic E-state index is 13.3. The van der Waals surface area contributed by atoms with Gasteiger partial charge in [0.2, 0.25) is 0 Å². The van der Waals surface area contributed by atoms with Gasteiger partial charge >= 0.3 is 5.97 Å². The molecule has 6 heteroatoms. The minimum Gasteiger partial charge on any atom is -0.469 e. The van der Waals surface area contributed by atoms with Crippen molar-refractivity contribution in [1.29, 1.82) is 0 Å². The van der Waals surface area contributed by atoms with Gasteiger partial charge in [0.25, 0.3) is 0 Å². The molecule has 1 N–H and O–H groups in total. The normalized spacial score (nSPS) is 14.1. The van der Waals surface area contributed by atoms with Crippen LogP contribution in [-0.4, -0.2) is 24.3 Å². The van der Waals surface area contributed by atoms with Crippen molar-refractivity contribution < 1.29 is 27.8 Å². The summed E-state index contributed by atoms with van der Waals surface area (Å²) in [5.74, 6) is -5.02. The largest absolute Gasteiger partial charge is 0.469 e. The first kappa shape index (κ1) is 14.5. The molecule has 0 aliphatic heterocycles. The fraction of sp³-hybridized carbons (Fsp3) is 0.417. The van der Waals surface area contributed by atoms with Gasteiger partial charge < -0.3 is 9.84 Å². The molecule has 100 valence electrons. The Balaban J connectivity index is 2.85. The lowest BCUT2D eigenvalue weighted by Gasteiger charge is -2.17. The van der Waals surface area contributed by atoms with Gasteiger partial charge in [-0.3, -0.25) is 4.79 Å². The van der Waals surface area contributed by atoms with E-state index in [4.69, 9.17) is 0 Å². The van der Waals surface area contributed by atoms with Gasteiger partial charge in [0.1, 0.15) is 5.82 Å². The van der Waals surface area contributed by atoms with Crippen LogP contribution in [0.2, 0.25) is 0 Å². The van der Waals surface area contributed by atoms with E-state index >= 15 is 0 Å². The Kier molecular flexibility index (Phi) is 4.72. The quantitative estimate of drug-likeness (QED) is 0.665. The Hall–Kier alpha value is -1.56. The van der Waals surface area contributed by atoms with Crippen LogP contribution in [-0.2, 0) is 16.0 Å². The van der Waals surface area contributed by atoms with Crippen LogP contribution in [0.4, 0.5) is 13.2 Å². The SMILES string of the molecule is COC(=O)[C@@H](C)C(O)Cc1cc(F)c(F)cc1F. The van der Waals surface area contributed by atoms with Crippen LogP contribution in [0.1, 0.15) is 12.5 Å². The first-order valence-electron chi connectivity index (χ1n) is 5.26. The number of methoxy groups -OCH3 is 1. The minimum atomic E-state index is -1.30. The van der Waals surface area contributed by atoms with Gasteiger partial charge in [0.05, 0.1) is 19.1 Å². The Bertz CT molecular complexity index is 448. The number of benzene rings is 1. The molecule has 0 aliphatic carbocycles. The number of halogens is 3. The van der Waals surface area contributed by atoms with E-state index in [1.807, 2.05) is 0 Å². The average Bonchev–Trinajstić information content (AvgIpc) is 2.33. The van der Waals surface area contributed by atoms with E-state index in [1.54, 1.807) is 0 Å². The molecular weight excluding hydrogens is 249 g/mol. The molecule has 0 spiro atoms. The molecule has 0 saturated carbocycles. The lowest BCUT2D eigenvalue weighted by molar-refractivity contribution is -0.148.